The molecule has 34 heavy (non-hydrogen) atoms. The van der Waals surface area contributed by atoms with Crippen LogP contribution in [0.3, 0.4) is 0 Å². The highest BCUT2D eigenvalue weighted by Gasteiger charge is 2.13. The molecule has 1 heterocycles. The Balaban J connectivity index is 1.46. The smallest absolute Gasteiger partial charge is 0.261 e. The second kappa shape index (κ2) is 11.0. The number of ether oxygens (including phenoxy) is 2. The largest absolute Gasteiger partial charge is 0.497 e. The number of hydrogen-bond donors (Lipinski definition) is 0. The molecule has 0 fully saturated rings. The molecule has 4 aromatic rings. The molecule has 0 amide bonds. The zero-order valence-corrected chi connectivity index (χ0v) is 20.2. The first-order valence-corrected chi connectivity index (χ1v) is 12.0. The number of hydrogen-bond acceptors (Lipinski definition) is 4. The minimum Gasteiger partial charge on any atom is -0.497 e. The average molecular weight is 457 g/mol. The molecule has 0 saturated heterocycles. The van der Waals surface area contributed by atoms with Crippen molar-refractivity contribution in [2.24, 2.45) is 0 Å². The van der Waals surface area contributed by atoms with Crippen molar-refractivity contribution in [1.29, 1.82) is 0 Å². The van der Waals surface area contributed by atoms with Crippen LogP contribution in [0.25, 0.3) is 22.3 Å². The van der Waals surface area contributed by atoms with Crippen LogP contribution in [-0.4, -0.2) is 23.3 Å². The number of benzene rings is 3. The summed E-state index contributed by atoms with van der Waals surface area (Å²) in [5, 5.41) is 0.636. The molecular weight excluding hydrogens is 424 g/mol. The van der Waals surface area contributed by atoms with Gasteiger partial charge in [0.1, 0.15) is 17.3 Å². The van der Waals surface area contributed by atoms with Gasteiger partial charge in [0.15, 0.2) is 0 Å². The average Bonchev–Trinajstić information content (AvgIpc) is 2.89. The Morgan fingerprint density at radius 3 is 2.32 bits per heavy atom. The third-order valence-corrected chi connectivity index (χ3v) is 6.32. The summed E-state index contributed by atoms with van der Waals surface area (Å²) in [7, 11) is 1.64. The summed E-state index contributed by atoms with van der Waals surface area (Å²) in [6.07, 6.45) is 2.78. The number of fused-ring (bicyclic) bond motifs is 1. The van der Waals surface area contributed by atoms with Gasteiger partial charge in [0.2, 0.25) is 0 Å². The van der Waals surface area contributed by atoms with Gasteiger partial charge in [-0.25, -0.2) is 4.98 Å². The lowest BCUT2D eigenvalue weighted by Gasteiger charge is -2.14. The molecule has 1 aromatic heterocycles. The fourth-order valence-corrected chi connectivity index (χ4v) is 4.03. The van der Waals surface area contributed by atoms with Gasteiger partial charge in [-0.15, -0.1) is 0 Å². The van der Waals surface area contributed by atoms with Crippen molar-refractivity contribution in [1.82, 2.24) is 9.55 Å². The maximum absolute atomic E-state index is 13.3. The van der Waals surface area contributed by atoms with E-state index in [4.69, 9.17) is 14.5 Å². The summed E-state index contributed by atoms with van der Waals surface area (Å²) in [4.78, 5) is 18.1. The Morgan fingerprint density at radius 1 is 0.912 bits per heavy atom. The molecule has 0 bridgehead atoms. The van der Waals surface area contributed by atoms with E-state index in [0.29, 0.717) is 35.8 Å². The standard InChI is InChI=1S/C29H32N2O3/c1-4-21(2)22-11-17-25(18-12-22)34-20-8-7-19-31-28(23-13-15-24(33-3)16-14-23)30-27-10-6-5-9-26(27)29(31)32/h5-6,9-18,21H,4,7-8,19-20H2,1-3H3/t21-/m1/s1. The van der Waals surface area contributed by atoms with Crippen LogP contribution < -0.4 is 15.0 Å². The van der Waals surface area contributed by atoms with Crippen LogP contribution in [0.15, 0.2) is 77.6 Å². The van der Waals surface area contributed by atoms with E-state index in [0.717, 1.165) is 36.3 Å². The first kappa shape index (κ1) is 23.6. The Hall–Kier alpha value is -3.60. The van der Waals surface area contributed by atoms with Crippen molar-refractivity contribution < 1.29 is 9.47 Å². The van der Waals surface area contributed by atoms with Crippen LogP contribution in [0.1, 0.15) is 44.6 Å². The maximum Gasteiger partial charge on any atom is 0.261 e. The van der Waals surface area contributed by atoms with Gasteiger partial charge in [0.25, 0.3) is 5.56 Å². The first-order valence-electron chi connectivity index (χ1n) is 12.0. The summed E-state index contributed by atoms with van der Waals surface area (Å²) in [6, 6.07) is 23.5. The summed E-state index contributed by atoms with van der Waals surface area (Å²) >= 11 is 0. The highest BCUT2D eigenvalue weighted by molar-refractivity contribution is 5.79. The number of unbranched alkanes of at least 4 members (excludes halogenated alkanes) is 1. The molecule has 0 spiro atoms. The van der Waals surface area contributed by atoms with Gasteiger partial charge in [-0.2, -0.15) is 0 Å². The number of methoxy groups -OCH3 is 1. The highest BCUT2D eigenvalue weighted by atomic mass is 16.5. The van der Waals surface area contributed by atoms with Gasteiger partial charge in [-0.05, 0) is 79.3 Å². The molecule has 176 valence electrons. The van der Waals surface area contributed by atoms with E-state index in [9.17, 15) is 4.79 Å². The molecule has 5 nitrogen and oxygen atoms in total. The highest BCUT2D eigenvalue weighted by Crippen LogP contribution is 2.23. The van der Waals surface area contributed by atoms with E-state index in [1.54, 1.807) is 11.7 Å². The first-order chi connectivity index (χ1) is 16.6. The molecule has 0 aliphatic heterocycles. The van der Waals surface area contributed by atoms with Gasteiger partial charge in [-0.3, -0.25) is 9.36 Å². The quantitative estimate of drug-likeness (QED) is 0.258. The summed E-state index contributed by atoms with van der Waals surface area (Å²) in [6.45, 7) is 5.62. The van der Waals surface area contributed by atoms with E-state index in [-0.39, 0.29) is 5.56 Å². The number of para-hydroxylation sites is 1. The van der Waals surface area contributed by atoms with Crippen molar-refractivity contribution >= 4 is 10.9 Å². The molecular formula is C29H32N2O3. The lowest BCUT2D eigenvalue weighted by Crippen LogP contribution is -2.24. The predicted octanol–water partition coefficient (Wildman–Crippen LogP) is 6.44. The van der Waals surface area contributed by atoms with Crippen LogP contribution in [0.2, 0.25) is 0 Å². The van der Waals surface area contributed by atoms with Crippen LogP contribution >= 0.6 is 0 Å². The van der Waals surface area contributed by atoms with Gasteiger partial charge < -0.3 is 9.47 Å². The normalized spacial score (nSPS) is 12.0. The Kier molecular flexibility index (Phi) is 7.63. The van der Waals surface area contributed by atoms with E-state index >= 15 is 0 Å². The molecule has 0 N–H and O–H groups in total. The van der Waals surface area contributed by atoms with Crippen LogP contribution in [0, 0.1) is 0 Å². The van der Waals surface area contributed by atoms with Gasteiger partial charge in [0.05, 0.1) is 24.6 Å². The van der Waals surface area contributed by atoms with E-state index in [1.807, 2.05) is 60.7 Å². The summed E-state index contributed by atoms with van der Waals surface area (Å²) in [5.74, 6) is 2.89. The Labute approximate surface area is 201 Å². The Bertz CT molecular complexity index is 1280. The number of rotatable bonds is 10. The van der Waals surface area contributed by atoms with Gasteiger partial charge in [-0.1, -0.05) is 38.1 Å². The third kappa shape index (κ3) is 5.30. The number of aromatic nitrogens is 2. The maximum atomic E-state index is 13.3. The molecule has 3 aromatic carbocycles. The minimum atomic E-state index is -0.0158. The van der Waals surface area contributed by atoms with Crippen LogP contribution in [0.5, 0.6) is 11.5 Å². The lowest BCUT2D eigenvalue weighted by atomic mass is 9.99. The fourth-order valence-electron chi connectivity index (χ4n) is 4.03. The molecule has 0 unspecified atom stereocenters. The van der Waals surface area contributed by atoms with E-state index in [1.165, 1.54) is 5.56 Å². The number of nitrogens with zero attached hydrogens (tertiary/aromatic N) is 2. The molecule has 1 atom stereocenters. The third-order valence-electron chi connectivity index (χ3n) is 6.32. The lowest BCUT2D eigenvalue weighted by molar-refractivity contribution is 0.303. The summed E-state index contributed by atoms with van der Waals surface area (Å²) in [5.41, 5.74) is 2.92. The van der Waals surface area contributed by atoms with Crippen molar-refractivity contribution in [3.63, 3.8) is 0 Å². The molecule has 0 radical (unpaired) electrons. The molecule has 0 aliphatic carbocycles. The monoisotopic (exact) mass is 456 g/mol. The fraction of sp³-hybridized carbons (Fsp3) is 0.310. The van der Waals surface area contributed by atoms with Crippen molar-refractivity contribution in [3.8, 4) is 22.9 Å². The topological polar surface area (TPSA) is 53.4 Å². The Morgan fingerprint density at radius 2 is 1.62 bits per heavy atom. The van der Waals surface area contributed by atoms with Crippen LogP contribution in [-0.2, 0) is 6.54 Å². The van der Waals surface area contributed by atoms with E-state index < -0.39 is 0 Å². The second-order valence-corrected chi connectivity index (χ2v) is 8.57. The van der Waals surface area contributed by atoms with Crippen molar-refractivity contribution in [2.75, 3.05) is 13.7 Å². The van der Waals surface area contributed by atoms with Crippen molar-refractivity contribution in [3.05, 3.63) is 88.7 Å². The molecule has 0 saturated carbocycles. The van der Waals surface area contributed by atoms with E-state index in [2.05, 4.69) is 26.0 Å². The molecule has 4 rings (SSSR count). The van der Waals surface area contributed by atoms with Gasteiger partial charge in [0, 0.05) is 12.1 Å². The predicted molar refractivity (Wildman–Crippen MR) is 138 cm³/mol. The minimum absolute atomic E-state index is 0.0158. The summed E-state index contributed by atoms with van der Waals surface area (Å²) < 4.78 is 13.0. The van der Waals surface area contributed by atoms with Crippen molar-refractivity contribution in [2.45, 2.75) is 45.6 Å². The SMILES string of the molecule is CC[C@@H](C)c1ccc(OCCCCn2c(-c3ccc(OC)cc3)nc3ccccc3c2=O)cc1. The zero-order chi connectivity index (χ0) is 23.9. The second-order valence-electron chi connectivity index (χ2n) is 8.57. The molecule has 5 heteroatoms. The van der Waals surface area contributed by atoms with Crippen LogP contribution in [0.4, 0.5) is 0 Å². The molecule has 0 aliphatic rings. The van der Waals surface area contributed by atoms with Gasteiger partial charge >= 0.3 is 0 Å². The zero-order valence-electron chi connectivity index (χ0n) is 20.2.